The maximum Gasteiger partial charge on any atom is 0.258 e. The first kappa shape index (κ1) is 17.5. The van der Waals surface area contributed by atoms with E-state index in [2.05, 4.69) is 34.5 Å². The lowest BCUT2D eigenvalue weighted by molar-refractivity contribution is -0.123. The number of likely N-dealkylation sites (tertiary alicyclic amines) is 1. The fourth-order valence-electron chi connectivity index (χ4n) is 3.07. The zero-order valence-corrected chi connectivity index (χ0v) is 14.8. The van der Waals surface area contributed by atoms with Gasteiger partial charge >= 0.3 is 0 Å². The molecule has 1 fully saturated rings. The number of carbonyl (C=O) groups excluding carboxylic acids is 1. The Kier molecular flexibility index (Phi) is 6.07. The Labute approximate surface area is 149 Å². The van der Waals surface area contributed by atoms with Gasteiger partial charge in [-0.3, -0.25) is 9.69 Å². The van der Waals surface area contributed by atoms with Crippen LogP contribution in [0.4, 0.5) is 0 Å². The van der Waals surface area contributed by atoms with Crippen LogP contribution in [-0.4, -0.2) is 30.5 Å². The Morgan fingerprint density at radius 1 is 1.04 bits per heavy atom. The summed E-state index contributed by atoms with van der Waals surface area (Å²) in [5, 5.41) is 2.91. The van der Waals surface area contributed by atoms with Gasteiger partial charge < -0.3 is 10.1 Å². The van der Waals surface area contributed by atoms with Crippen LogP contribution in [0, 0.1) is 6.92 Å². The van der Waals surface area contributed by atoms with Crippen molar-refractivity contribution in [2.75, 3.05) is 19.7 Å². The summed E-state index contributed by atoms with van der Waals surface area (Å²) in [4.78, 5) is 14.4. The second kappa shape index (κ2) is 8.67. The van der Waals surface area contributed by atoms with Crippen LogP contribution in [0.5, 0.6) is 5.75 Å². The number of rotatable bonds is 7. The summed E-state index contributed by atoms with van der Waals surface area (Å²) in [6.45, 7) is 5.98. The smallest absolute Gasteiger partial charge is 0.258 e. The van der Waals surface area contributed by atoms with Crippen molar-refractivity contribution in [1.29, 1.82) is 0 Å². The van der Waals surface area contributed by atoms with E-state index in [4.69, 9.17) is 4.74 Å². The molecule has 2 aromatic rings. The van der Waals surface area contributed by atoms with Gasteiger partial charge in [0.25, 0.3) is 5.91 Å². The second-order valence-corrected chi connectivity index (χ2v) is 6.63. The molecule has 25 heavy (non-hydrogen) atoms. The van der Waals surface area contributed by atoms with E-state index < -0.39 is 0 Å². The van der Waals surface area contributed by atoms with Gasteiger partial charge in [0.05, 0.1) is 0 Å². The topological polar surface area (TPSA) is 41.6 Å². The molecule has 0 aromatic heterocycles. The van der Waals surface area contributed by atoms with Crippen molar-refractivity contribution >= 4 is 5.91 Å². The molecule has 0 spiro atoms. The number of amides is 1. The molecule has 1 N–H and O–H groups in total. The van der Waals surface area contributed by atoms with Crippen molar-refractivity contribution in [3.8, 4) is 5.75 Å². The quantitative estimate of drug-likeness (QED) is 0.842. The van der Waals surface area contributed by atoms with Gasteiger partial charge in [0.2, 0.25) is 0 Å². The van der Waals surface area contributed by atoms with E-state index in [9.17, 15) is 4.79 Å². The van der Waals surface area contributed by atoms with Gasteiger partial charge in [0.1, 0.15) is 5.75 Å². The standard InChI is InChI=1S/C21H26N2O2/c1-17-6-2-3-7-20(17)25-16-21(24)22-14-18-8-10-19(11-9-18)15-23-12-4-5-13-23/h2-3,6-11H,4-5,12-16H2,1H3,(H,22,24). The summed E-state index contributed by atoms with van der Waals surface area (Å²) in [5.74, 6) is 0.647. The molecule has 0 aliphatic carbocycles. The van der Waals surface area contributed by atoms with Crippen molar-refractivity contribution in [2.24, 2.45) is 0 Å². The lowest BCUT2D eigenvalue weighted by atomic mass is 10.1. The maximum atomic E-state index is 12.0. The average molecular weight is 338 g/mol. The largest absolute Gasteiger partial charge is 0.484 e. The Morgan fingerprint density at radius 3 is 2.44 bits per heavy atom. The monoisotopic (exact) mass is 338 g/mol. The van der Waals surface area contributed by atoms with E-state index in [-0.39, 0.29) is 12.5 Å². The maximum absolute atomic E-state index is 12.0. The first-order valence-electron chi connectivity index (χ1n) is 8.96. The summed E-state index contributed by atoms with van der Waals surface area (Å²) in [5.41, 5.74) is 3.47. The SMILES string of the molecule is Cc1ccccc1OCC(=O)NCc1ccc(CN2CCCC2)cc1. The number of ether oxygens (including phenoxy) is 1. The number of nitrogens with one attached hydrogen (secondary N) is 1. The van der Waals surface area contributed by atoms with Gasteiger partial charge in [-0.2, -0.15) is 0 Å². The molecular formula is C21H26N2O2. The molecule has 0 radical (unpaired) electrons. The van der Waals surface area contributed by atoms with Gasteiger partial charge in [-0.15, -0.1) is 0 Å². The minimum Gasteiger partial charge on any atom is -0.484 e. The molecule has 2 aromatic carbocycles. The van der Waals surface area contributed by atoms with E-state index in [0.717, 1.165) is 23.4 Å². The highest BCUT2D eigenvalue weighted by molar-refractivity contribution is 5.77. The summed E-state index contributed by atoms with van der Waals surface area (Å²) < 4.78 is 5.56. The molecule has 1 aliphatic heterocycles. The fraction of sp³-hybridized carbons (Fsp3) is 0.381. The number of hydrogen-bond donors (Lipinski definition) is 1. The predicted molar refractivity (Wildman–Crippen MR) is 99.5 cm³/mol. The van der Waals surface area contributed by atoms with Gasteiger partial charge in [-0.25, -0.2) is 0 Å². The van der Waals surface area contributed by atoms with Crippen molar-refractivity contribution in [2.45, 2.75) is 32.9 Å². The predicted octanol–water partition coefficient (Wildman–Crippen LogP) is 3.29. The molecule has 1 aliphatic rings. The summed E-state index contributed by atoms with van der Waals surface area (Å²) in [6.07, 6.45) is 2.63. The highest BCUT2D eigenvalue weighted by atomic mass is 16.5. The van der Waals surface area contributed by atoms with Crippen molar-refractivity contribution in [3.63, 3.8) is 0 Å². The van der Waals surface area contributed by atoms with Crippen LogP contribution < -0.4 is 10.1 Å². The average Bonchev–Trinajstić information content (AvgIpc) is 3.13. The highest BCUT2D eigenvalue weighted by Gasteiger charge is 2.11. The van der Waals surface area contributed by atoms with E-state index in [1.807, 2.05) is 31.2 Å². The minimum absolute atomic E-state index is 0.0396. The molecular weight excluding hydrogens is 312 g/mol. The van der Waals surface area contributed by atoms with Crippen LogP contribution in [0.1, 0.15) is 29.5 Å². The third-order valence-electron chi connectivity index (χ3n) is 4.57. The number of nitrogens with zero attached hydrogens (tertiary/aromatic N) is 1. The number of aryl methyl sites for hydroxylation is 1. The van der Waals surface area contributed by atoms with Gasteiger partial charge in [-0.1, -0.05) is 42.5 Å². The Morgan fingerprint density at radius 2 is 1.72 bits per heavy atom. The van der Waals surface area contributed by atoms with Crippen molar-refractivity contribution < 1.29 is 9.53 Å². The Balaban J connectivity index is 1.41. The van der Waals surface area contributed by atoms with E-state index in [1.165, 1.54) is 31.5 Å². The van der Waals surface area contributed by atoms with Crippen LogP contribution in [0.2, 0.25) is 0 Å². The normalized spacial score (nSPS) is 14.4. The molecule has 0 unspecified atom stereocenters. The summed E-state index contributed by atoms with van der Waals surface area (Å²) >= 11 is 0. The third kappa shape index (κ3) is 5.33. The van der Waals surface area contributed by atoms with Gasteiger partial charge in [-0.05, 0) is 55.6 Å². The van der Waals surface area contributed by atoms with Crippen LogP contribution in [-0.2, 0) is 17.9 Å². The molecule has 1 heterocycles. The Hall–Kier alpha value is -2.33. The van der Waals surface area contributed by atoms with Crippen molar-refractivity contribution in [3.05, 3.63) is 65.2 Å². The summed E-state index contributed by atoms with van der Waals surface area (Å²) in [6, 6.07) is 16.2. The third-order valence-corrected chi connectivity index (χ3v) is 4.57. The molecule has 1 amide bonds. The summed E-state index contributed by atoms with van der Waals surface area (Å²) in [7, 11) is 0. The zero-order chi connectivity index (χ0) is 17.5. The van der Waals surface area contributed by atoms with E-state index in [1.54, 1.807) is 0 Å². The number of benzene rings is 2. The Bertz CT molecular complexity index is 691. The number of hydrogen-bond acceptors (Lipinski definition) is 3. The lowest BCUT2D eigenvalue weighted by Crippen LogP contribution is -2.28. The molecule has 4 heteroatoms. The lowest BCUT2D eigenvalue weighted by Gasteiger charge is -2.14. The van der Waals surface area contributed by atoms with E-state index >= 15 is 0 Å². The van der Waals surface area contributed by atoms with Crippen molar-refractivity contribution in [1.82, 2.24) is 10.2 Å². The molecule has 0 saturated carbocycles. The number of para-hydroxylation sites is 1. The van der Waals surface area contributed by atoms with Crippen LogP contribution in [0.25, 0.3) is 0 Å². The van der Waals surface area contributed by atoms with E-state index in [0.29, 0.717) is 6.54 Å². The van der Waals surface area contributed by atoms with Crippen LogP contribution in [0.15, 0.2) is 48.5 Å². The molecule has 0 bridgehead atoms. The van der Waals surface area contributed by atoms with Crippen LogP contribution in [0.3, 0.4) is 0 Å². The molecule has 4 nitrogen and oxygen atoms in total. The minimum atomic E-state index is -0.107. The second-order valence-electron chi connectivity index (χ2n) is 6.63. The molecule has 0 atom stereocenters. The first-order valence-corrected chi connectivity index (χ1v) is 8.96. The number of carbonyl (C=O) groups is 1. The first-order chi connectivity index (χ1) is 12.2. The molecule has 132 valence electrons. The highest BCUT2D eigenvalue weighted by Crippen LogP contribution is 2.16. The van der Waals surface area contributed by atoms with Gasteiger partial charge in [0, 0.05) is 13.1 Å². The fourth-order valence-corrected chi connectivity index (χ4v) is 3.07. The van der Waals surface area contributed by atoms with Gasteiger partial charge in [0.15, 0.2) is 6.61 Å². The molecule has 3 rings (SSSR count). The molecule has 1 saturated heterocycles. The zero-order valence-electron chi connectivity index (χ0n) is 14.8. The van der Waals surface area contributed by atoms with Crippen LogP contribution >= 0.6 is 0 Å².